The predicted octanol–water partition coefficient (Wildman–Crippen LogP) is 1.84. The van der Waals surface area contributed by atoms with Crippen molar-refractivity contribution in [1.82, 2.24) is 5.32 Å². The molecule has 1 rings (SSSR count). The molecule has 1 N–H and O–H groups in total. The summed E-state index contributed by atoms with van der Waals surface area (Å²) in [4.78, 5) is 11.8. The summed E-state index contributed by atoms with van der Waals surface area (Å²) in [7, 11) is 0. The number of hydrogen-bond donors (Lipinski definition) is 1. The fourth-order valence-electron chi connectivity index (χ4n) is 1.95. The average molecular weight is 201 g/mol. The van der Waals surface area contributed by atoms with Gasteiger partial charge in [-0.25, -0.2) is 0 Å². The monoisotopic (exact) mass is 201 g/mol. The highest BCUT2D eigenvalue weighted by Gasteiger charge is 2.36. The SMILES string of the molecule is CCNC1(C(=O)CC)CCSCC1. The van der Waals surface area contributed by atoms with Crippen LogP contribution in [0.1, 0.15) is 33.1 Å². The fraction of sp³-hybridized carbons (Fsp3) is 0.900. The zero-order chi connectivity index (χ0) is 9.73. The minimum atomic E-state index is -0.172. The van der Waals surface area contributed by atoms with Gasteiger partial charge in [0, 0.05) is 6.42 Å². The van der Waals surface area contributed by atoms with E-state index in [0.717, 1.165) is 30.9 Å². The summed E-state index contributed by atoms with van der Waals surface area (Å²) < 4.78 is 0. The van der Waals surface area contributed by atoms with Crippen molar-refractivity contribution in [3.05, 3.63) is 0 Å². The van der Waals surface area contributed by atoms with Crippen molar-refractivity contribution in [2.75, 3.05) is 18.1 Å². The molecule has 2 nitrogen and oxygen atoms in total. The van der Waals surface area contributed by atoms with Crippen LogP contribution in [-0.2, 0) is 4.79 Å². The summed E-state index contributed by atoms with van der Waals surface area (Å²) in [5.41, 5.74) is -0.172. The molecule has 3 heteroatoms. The molecule has 0 aliphatic carbocycles. The Morgan fingerprint density at radius 1 is 1.38 bits per heavy atom. The van der Waals surface area contributed by atoms with Crippen molar-refractivity contribution in [1.29, 1.82) is 0 Å². The van der Waals surface area contributed by atoms with Crippen LogP contribution in [0.3, 0.4) is 0 Å². The average Bonchev–Trinajstić information content (AvgIpc) is 2.18. The van der Waals surface area contributed by atoms with E-state index in [1.54, 1.807) is 0 Å². The molecule has 1 saturated heterocycles. The van der Waals surface area contributed by atoms with Crippen molar-refractivity contribution in [3.63, 3.8) is 0 Å². The lowest BCUT2D eigenvalue weighted by Crippen LogP contribution is -2.54. The number of thioether (sulfide) groups is 1. The van der Waals surface area contributed by atoms with E-state index < -0.39 is 0 Å². The van der Waals surface area contributed by atoms with Gasteiger partial charge in [-0.05, 0) is 30.9 Å². The third-order valence-corrected chi connectivity index (χ3v) is 3.70. The van der Waals surface area contributed by atoms with E-state index in [2.05, 4.69) is 12.2 Å². The zero-order valence-corrected chi connectivity index (χ0v) is 9.38. The number of ketones is 1. The van der Waals surface area contributed by atoms with Crippen molar-refractivity contribution in [3.8, 4) is 0 Å². The second-order valence-corrected chi connectivity index (χ2v) is 4.73. The Labute approximate surface area is 84.9 Å². The molecule has 0 bridgehead atoms. The van der Waals surface area contributed by atoms with Crippen LogP contribution in [0.4, 0.5) is 0 Å². The molecule has 13 heavy (non-hydrogen) atoms. The molecule has 0 aromatic rings. The highest BCUT2D eigenvalue weighted by atomic mass is 32.2. The smallest absolute Gasteiger partial charge is 0.152 e. The van der Waals surface area contributed by atoms with Gasteiger partial charge in [-0.3, -0.25) is 4.79 Å². The number of likely N-dealkylation sites (N-methyl/N-ethyl adjacent to an activating group) is 1. The van der Waals surface area contributed by atoms with Gasteiger partial charge >= 0.3 is 0 Å². The van der Waals surface area contributed by atoms with E-state index in [0.29, 0.717) is 12.2 Å². The molecule has 76 valence electrons. The fourth-order valence-corrected chi connectivity index (χ4v) is 3.14. The van der Waals surface area contributed by atoms with Crippen LogP contribution in [0.25, 0.3) is 0 Å². The van der Waals surface area contributed by atoms with Gasteiger partial charge in [-0.2, -0.15) is 11.8 Å². The summed E-state index contributed by atoms with van der Waals surface area (Å²) in [6, 6.07) is 0. The van der Waals surface area contributed by atoms with Crippen molar-refractivity contribution >= 4 is 17.5 Å². The van der Waals surface area contributed by atoms with E-state index in [-0.39, 0.29) is 5.54 Å². The lowest BCUT2D eigenvalue weighted by atomic mass is 9.86. The lowest BCUT2D eigenvalue weighted by molar-refractivity contribution is -0.125. The Morgan fingerprint density at radius 2 is 2.00 bits per heavy atom. The number of rotatable bonds is 4. The van der Waals surface area contributed by atoms with Crippen LogP contribution in [0.5, 0.6) is 0 Å². The molecule has 0 radical (unpaired) electrons. The maximum absolute atomic E-state index is 11.8. The lowest BCUT2D eigenvalue weighted by Gasteiger charge is -2.36. The summed E-state index contributed by atoms with van der Waals surface area (Å²) in [5, 5.41) is 3.39. The molecule has 0 unspecified atom stereocenters. The summed E-state index contributed by atoms with van der Waals surface area (Å²) in [6.45, 7) is 4.94. The molecule has 0 amide bonds. The molecule has 1 heterocycles. The highest BCUT2D eigenvalue weighted by molar-refractivity contribution is 7.99. The van der Waals surface area contributed by atoms with Gasteiger partial charge in [0.15, 0.2) is 5.78 Å². The Morgan fingerprint density at radius 3 is 2.46 bits per heavy atom. The molecule has 0 spiro atoms. The molecule has 0 atom stereocenters. The van der Waals surface area contributed by atoms with E-state index >= 15 is 0 Å². The number of carbonyl (C=O) groups excluding carboxylic acids is 1. The topological polar surface area (TPSA) is 29.1 Å². The van der Waals surface area contributed by atoms with E-state index in [1.807, 2.05) is 18.7 Å². The Hall–Kier alpha value is -0.0200. The van der Waals surface area contributed by atoms with Crippen LogP contribution in [0.15, 0.2) is 0 Å². The number of hydrogen-bond acceptors (Lipinski definition) is 3. The number of Topliss-reactive ketones (excluding diaryl/α,β-unsaturated/α-hetero) is 1. The Bertz CT molecular complexity index is 170. The molecular weight excluding hydrogens is 182 g/mol. The first-order valence-corrected chi connectivity index (χ1v) is 6.26. The van der Waals surface area contributed by atoms with Crippen LogP contribution in [0, 0.1) is 0 Å². The zero-order valence-electron chi connectivity index (χ0n) is 8.56. The van der Waals surface area contributed by atoms with Crippen molar-refractivity contribution in [2.45, 2.75) is 38.6 Å². The number of carbonyl (C=O) groups is 1. The second kappa shape index (κ2) is 5.01. The van der Waals surface area contributed by atoms with Gasteiger partial charge < -0.3 is 5.32 Å². The first kappa shape index (κ1) is 11.1. The van der Waals surface area contributed by atoms with Crippen molar-refractivity contribution < 1.29 is 4.79 Å². The van der Waals surface area contributed by atoms with E-state index in [4.69, 9.17) is 0 Å². The Kier molecular flexibility index (Phi) is 4.26. The molecule has 1 aliphatic heterocycles. The third-order valence-electron chi connectivity index (χ3n) is 2.72. The van der Waals surface area contributed by atoms with Crippen LogP contribution in [-0.4, -0.2) is 29.4 Å². The van der Waals surface area contributed by atoms with E-state index in [1.165, 1.54) is 0 Å². The molecule has 0 saturated carbocycles. The predicted molar refractivity (Wildman–Crippen MR) is 58.3 cm³/mol. The minimum Gasteiger partial charge on any atom is -0.305 e. The van der Waals surface area contributed by atoms with Gasteiger partial charge in [0.2, 0.25) is 0 Å². The maximum Gasteiger partial charge on any atom is 0.152 e. The minimum absolute atomic E-state index is 0.172. The number of nitrogens with one attached hydrogen (secondary N) is 1. The largest absolute Gasteiger partial charge is 0.305 e. The summed E-state index contributed by atoms with van der Waals surface area (Å²) in [6.07, 6.45) is 2.69. The molecule has 0 aromatic heterocycles. The first-order chi connectivity index (χ1) is 6.25. The van der Waals surface area contributed by atoms with E-state index in [9.17, 15) is 4.79 Å². The standard InChI is InChI=1S/C10H19NOS/c1-3-9(12)10(11-4-2)5-7-13-8-6-10/h11H,3-8H2,1-2H3. The van der Waals surface area contributed by atoms with Crippen LogP contribution >= 0.6 is 11.8 Å². The highest BCUT2D eigenvalue weighted by Crippen LogP contribution is 2.28. The second-order valence-electron chi connectivity index (χ2n) is 3.50. The van der Waals surface area contributed by atoms with Gasteiger partial charge in [0.25, 0.3) is 0 Å². The normalized spacial score (nSPS) is 21.4. The van der Waals surface area contributed by atoms with Gasteiger partial charge in [0.05, 0.1) is 5.54 Å². The van der Waals surface area contributed by atoms with Gasteiger partial charge in [-0.15, -0.1) is 0 Å². The maximum atomic E-state index is 11.8. The summed E-state index contributed by atoms with van der Waals surface area (Å²) in [5.74, 6) is 2.65. The van der Waals surface area contributed by atoms with Gasteiger partial charge in [0.1, 0.15) is 0 Å². The Balaban J connectivity index is 2.66. The summed E-state index contributed by atoms with van der Waals surface area (Å²) >= 11 is 1.96. The quantitative estimate of drug-likeness (QED) is 0.752. The first-order valence-electron chi connectivity index (χ1n) is 5.11. The third kappa shape index (κ3) is 2.47. The molecule has 0 aromatic carbocycles. The molecule has 1 aliphatic rings. The van der Waals surface area contributed by atoms with Gasteiger partial charge in [-0.1, -0.05) is 13.8 Å². The van der Waals surface area contributed by atoms with Crippen LogP contribution in [0.2, 0.25) is 0 Å². The van der Waals surface area contributed by atoms with Crippen molar-refractivity contribution in [2.24, 2.45) is 0 Å². The molecular formula is C10H19NOS. The van der Waals surface area contributed by atoms with Crippen LogP contribution < -0.4 is 5.32 Å². The molecule has 1 fully saturated rings.